The van der Waals surface area contributed by atoms with Crippen LogP contribution in [0.2, 0.25) is 0 Å². The van der Waals surface area contributed by atoms with Crippen LogP contribution in [0.25, 0.3) is 10.8 Å². The maximum absolute atomic E-state index is 12.9. The van der Waals surface area contributed by atoms with E-state index in [1.54, 1.807) is 16.8 Å². The van der Waals surface area contributed by atoms with Gasteiger partial charge in [0.1, 0.15) is 6.04 Å². The molecule has 0 unspecified atom stereocenters. The Hall–Kier alpha value is -3.98. The van der Waals surface area contributed by atoms with Crippen molar-refractivity contribution in [1.82, 2.24) is 14.8 Å². The Morgan fingerprint density at radius 2 is 1.86 bits per heavy atom. The topological polar surface area (TPSA) is 103 Å². The minimum atomic E-state index is -0.461. The van der Waals surface area contributed by atoms with E-state index < -0.39 is 11.0 Å². The first-order chi connectivity index (χ1) is 17.1. The molecule has 6 rings (SSSR count). The standard InChI is InChI=1S/C26H21N5O3S/c32-22-7-3-6-21-23(22)24(18-10-12-20(13-11-18)31(33)34)30-25(27-21)28-26(29-30)35-15-16-8-9-17-4-1-2-5-19(17)14-16/h1-2,4-5,8-14,24H,3,6-7,15H2,(H,27,28,29)/t24-/m0/s1. The third-order valence-corrected chi connectivity index (χ3v) is 7.36. The lowest BCUT2D eigenvalue weighted by atomic mass is 9.85. The molecule has 0 bridgehead atoms. The second-order valence-electron chi connectivity index (χ2n) is 8.68. The van der Waals surface area contributed by atoms with E-state index >= 15 is 0 Å². The van der Waals surface area contributed by atoms with E-state index in [-0.39, 0.29) is 11.5 Å². The van der Waals surface area contributed by atoms with Gasteiger partial charge in [-0.25, -0.2) is 4.68 Å². The van der Waals surface area contributed by atoms with Crippen LogP contribution < -0.4 is 5.32 Å². The fraction of sp³-hybridized carbons (Fsp3) is 0.192. The van der Waals surface area contributed by atoms with Crippen LogP contribution >= 0.6 is 11.8 Å². The Kier molecular flexibility index (Phi) is 5.33. The molecule has 0 fully saturated rings. The molecule has 35 heavy (non-hydrogen) atoms. The zero-order valence-corrected chi connectivity index (χ0v) is 19.5. The lowest BCUT2D eigenvalue weighted by Gasteiger charge is -2.32. The molecular formula is C26H21N5O3S. The number of non-ortho nitro benzene ring substituents is 1. The number of Topliss-reactive ketones (excluding diaryl/α,β-unsaturated/α-hetero) is 1. The average Bonchev–Trinajstić information content (AvgIpc) is 3.29. The molecule has 1 aromatic heterocycles. The molecule has 1 aliphatic heterocycles. The number of benzene rings is 3. The summed E-state index contributed by atoms with van der Waals surface area (Å²) in [6.45, 7) is 0. The first-order valence-electron chi connectivity index (χ1n) is 11.4. The Labute approximate surface area is 205 Å². The monoisotopic (exact) mass is 483 g/mol. The summed E-state index contributed by atoms with van der Waals surface area (Å²) in [5.41, 5.74) is 3.51. The van der Waals surface area contributed by atoms with Gasteiger partial charge in [-0.15, -0.1) is 5.10 Å². The van der Waals surface area contributed by atoms with Gasteiger partial charge >= 0.3 is 0 Å². The number of nitrogens with zero attached hydrogens (tertiary/aromatic N) is 4. The smallest absolute Gasteiger partial charge is 0.269 e. The molecule has 1 N–H and O–H groups in total. The molecule has 9 heteroatoms. The highest BCUT2D eigenvalue weighted by Crippen LogP contribution is 2.41. The summed E-state index contributed by atoms with van der Waals surface area (Å²) in [6, 6.07) is 20.5. The van der Waals surface area contributed by atoms with Crippen LogP contribution in [0.3, 0.4) is 0 Å². The van der Waals surface area contributed by atoms with Gasteiger partial charge in [0.25, 0.3) is 5.69 Å². The van der Waals surface area contributed by atoms with Gasteiger partial charge in [-0.3, -0.25) is 14.9 Å². The summed E-state index contributed by atoms with van der Waals surface area (Å²) >= 11 is 1.54. The van der Waals surface area contributed by atoms with Crippen LogP contribution in [-0.4, -0.2) is 25.5 Å². The maximum Gasteiger partial charge on any atom is 0.269 e. The number of carbonyl (C=O) groups is 1. The number of ketones is 1. The summed E-state index contributed by atoms with van der Waals surface area (Å²) in [5.74, 6) is 1.37. The Morgan fingerprint density at radius 1 is 1.06 bits per heavy atom. The average molecular weight is 484 g/mol. The minimum absolute atomic E-state index is 0.0114. The van der Waals surface area contributed by atoms with Crippen molar-refractivity contribution in [3.05, 3.63) is 99.2 Å². The number of hydrogen-bond acceptors (Lipinski definition) is 7. The molecule has 0 saturated carbocycles. The third kappa shape index (κ3) is 3.97. The molecule has 0 spiro atoms. The van der Waals surface area contributed by atoms with Crippen molar-refractivity contribution in [2.45, 2.75) is 36.2 Å². The number of nitro groups is 1. The number of nitrogens with one attached hydrogen (secondary N) is 1. The predicted molar refractivity (Wildman–Crippen MR) is 134 cm³/mol. The summed E-state index contributed by atoms with van der Waals surface area (Å²) in [4.78, 5) is 28.4. The van der Waals surface area contributed by atoms with Gasteiger partial charge < -0.3 is 5.32 Å². The Balaban J connectivity index is 1.33. The number of fused-ring (bicyclic) bond motifs is 2. The number of aromatic nitrogens is 3. The van der Waals surface area contributed by atoms with Crippen LogP contribution in [0, 0.1) is 10.1 Å². The summed E-state index contributed by atoms with van der Waals surface area (Å²) in [7, 11) is 0. The molecule has 2 aliphatic rings. The van der Waals surface area contributed by atoms with Crippen molar-refractivity contribution in [3.8, 4) is 0 Å². The third-order valence-electron chi connectivity index (χ3n) is 6.45. The molecular weight excluding hydrogens is 462 g/mol. The first-order valence-corrected chi connectivity index (χ1v) is 12.4. The van der Waals surface area contributed by atoms with Gasteiger partial charge in [0.15, 0.2) is 5.78 Å². The summed E-state index contributed by atoms with van der Waals surface area (Å²) in [5, 5.41) is 22.2. The second kappa shape index (κ2) is 8.66. The van der Waals surface area contributed by atoms with Crippen molar-refractivity contribution in [2.24, 2.45) is 0 Å². The summed E-state index contributed by atoms with van der Waals surface area (Å²) in [6.07, 6.45) is 2.03. The number of rotatable bonds is 5. The molecule has 0 radical (unpaired) electrons. The van der Waals surface area contributed by atoms with E-state index in [1.807, 2.05) is 12.1 Å². The highest BCUT2D eigenvalue weighted by atomic mass is 32.2. The zero-order valence-electron chi connectivity index (χ0n) is 18.7. The largest absolute Gasteiger partial charge is 0.328 e. The van der Waals surface area contributed by atoms with E-state index in [2.05, 4.69) is 35.6 Å². The van der Waals surface area contributed by atoms with Crippen molar-refractivity contribution in [2.75, 3.05) is 5.32 Å². The van der Waals surface area contributed by atoms with Crippen molar-refractivity contribution in [3.63, 3.8) is 0 Å². The van der Waals surface area contributed by atoms with Crippen LogP contribution in [0.4, 0.5) is 11.6 Å². The van der Waals surface area contributed by atoms with E-state index in [0.717, 1.165) is 24.1 Å². The minimum Gasteiger partial charge on any atom is -0.328 e. The molecule has 3 aromatic carbocycles. The number of allylic oxidation sites excluding steroid dienone is 2. The Bertz CT molecular complexity index is 1510. The number of nitro benzene ring substituents is 1. The highest BCUT2D eigenvalue weighted by Gasteiger charge is 2.37. The quantitative estimate of drug-likeness (QED) is 0.222. The fourth-order valence-electron chi connectivity index (χ4n) is 4.76. The molecule has 8 nitrogen and oxygen atoms in total. The van der Waals surface area contributed by atoms with Crippen LogP contribution in [0.5, 0.6) is 0 Å². The van der Waals surface area contributed by atoms with E-state index in [9.17, 15) is 14.9 Å². The number of anilines is 1. The number of carbonyl (C=O) groups excluding carboxylic acids is 1. The van der Waals surface area contributed by atoms with E-state index in [4.69, 9.17) is 10.1 Å². The Morgan fingerprint density at radius 3 is 2.66 bits per heavy atom. The van der Waals surface area contributed by atoms with Crippen LogP contribution in [0.1, 0.15) is 36.4 Å². The van der Waals surface area contributed by atoms with Gasteiger partial charge in [-0.1, -0.05) is 54.2 Å². The maximum atomic E-state index is 12.9. The SMILES string of the molecule is O=C1CCCC2=C1[C@H](c1ccc([N+](=O)[O-])cc1)n1nc(SCc3ccc4ccccc4c3)nc1N2. The lowest BCUT2D eigenvalue weighted by Crippen LogP contribution is -2.31. The fourth-order valence-corrected chi connectivity index (χ4v) is 5.53. The molecule has 4 aromatic rings. The molecule has 174 valence electrons. The van der Waals surface area contributed by atoms with Gasteiger partial charge in [0.2, 0.25) is 11.1 Å². The van der Waals surface area contributed by atoms with Crippen molar-refractivity contribution >= 4 is 40.0 Å². The van der Waals surface area contributed by atoms with Crippen molar-refractivity contribution in [1.29, 1.82) is 0 Å². The lowest BCUT2D eigenvalue weighted by molar-refractivity contribution is -0.384. The second-order valence-corrected chi connectivity index (χ2v) is 9.62. The van der Waals surface area contributed by atoms with Crippen LogP contribution in [0.15, 0.2) is 83.2 Å². The first kappa shape index (κ1) is 21.5. The van der Waals surface area contributed by atoms with E-state index in [1.165, 1.54) is 40.2 Å². The molecule has 0 amide bonds. The molecule has 2 heterocycles. The van der Waals surface area contributed by atoms with Gasteiger partial charge in [-0.2, -0.15) is 4.98 Å². The number of thioether (sulfide) groups is 1. The van der Waals surface area contributed by atoms with Crippen LogP contribution in [-0.2, 0) is 10.5 Å². The number of hydrogen-bond donors (Lipinski definition) is 1. The molecule has 1 atom stereocenters. The normalized spacial score (nSPS) is 17.1. The molecule has 0 saturated heterocycles. The van der Waals surface area contributed by atoms with Gasteiger partial charge in [0.05, 0.1) is 4.92 Å². The highest BCUT2D eigenvalue weighted by molar-refractivity contribution is 7.98. The summed E-state index contributed by atoms with van der Waals surface area (Å²) < 4.78 is 1.74. The predicted octanol–water partition coefficient (Wildman–Crippen LogP) is 5.65. The van der Waals surface area contributed by atoms with E-state index in [0.29, 0.717) is 28.9 Å². The molecule has 1 aliphatic carbocycles. The van der Waals surface area contributed by atoms with Gasteiger partial charge in [0, 0.05) is 35.6 Å². The zero-order chi connectivity index (χ0) is 23.9. The van der Waals surface area contributed by atoms with Crippen molar-refractivity contribution < 1.29 is 9.72 Å². The van der Waals surface area contributed by atoms with Gasteiger partial charge in [-0.05, 0) is 46.9 Å².